The molecular formula is C22H22N4OS. The molecule has 0 radical (unpaired) electrons. The van der Waals surface area contributed by atoms with Crippen LogP contribution in [0, 0.1) is 13.8 Å². The number of aromatic nitrogens is 4. The molecule has 0 bridgehead atoms. The number of hydrogen-bond donors (Lipinski definition) is 0. The first-order chi connectivity index (χ1) is 13.6. The maximum atomic E-state index is 12.9. The van der Waals surface area contributed by atoms with Gasteiger partial charge in [-0.15, -0.1) is 10.2 Å². The van der Waals surface area contributed by atoms with Crippen LogP contribution in [0.4, 0.5) is 0 Å². The third-order valence-corrected chi connectivity index (χ3v) is 6.01. The molecule has 142 valence electrons. The third-order valence-electron chi connectivity index (χ3n) is 5.07. The van der Waals surface area contributed by atoms with E-state index < -0.39 is 0 Å². The molecule has 0 unspecified atom stereocenters. The Morgan fingerprint density at radius 3 is 2.61 bits per heavy atom. The van der Waals surface area contributed by atoms with E-state index in [0.29, 0.717) is 5.75 Å². The Bertz CT molecular complexity index is 1130. The Kier molecular flexibility index (Phi) is 5.05. The zero-order valence-corrected chi connectivity index (χ0v) is 17.0. The maximum absolute atomic E-state index is 12.9. The Labute approximate surface area is 168 Å². The molecule has 0 aliphatic carbocycles. The molecule has 4 aromatic rings. The highest BCUT2D eigenvalue weighted by atomic mass is 32.2. The fraction of sp³-hybridized carbons (Fsp3) is 0.227. The molecule has 0 spiro atoms. The summed E-state index contributed by atoms with van der Waals surface area (Å²) in [5.74, 6) is 0.442. The number of carbonyl (C=O) groups excluding carboxylic acids is 1. The molecule has 3 aromatic heterocycles. The van der Waals surface area contributed by atoms with Crippen LogP contribution in [0.2, 0.25) is 0 Å². The second kappa shape index (κ2) is 7.64. The molecule has 1 atom stereocenters. The van der Waals surface area contributed by atoms with Gasteiger partial charge in [0.15, 0.2) is 16.6 Å². The van der Waals surface area contributed by atoms with Crippen LogP contribution in [0.5, 0.6) is 0 Å². The molecule has 0 amide bonds. The number of Topliss-reactive ketones (excluding diaryl/α,β-unsaturated/α-hetero) is 1. The molecule has 0 N–H and O–H groups in total. The highest BCUT2D eigenvalue weighted by Gasteiger charge is 2.20. The predicted molar refractivity (Wildman–Crippen MR) is 112 cm³/mol. The fourth-order valence-electron chi connectivity index (χ4n) is 3.66. The summed E-state index contributed by atoms with van der Waals surface area (Å²) in [6.45, 7) is 6.25. The van der Waals surface area contributed by atoms with Crippen LogP contribution >= 0.6 is 11.8 Å². The van der Waals surface area contributed by atoms with Crippen LogP contribution in [-0.4, -0.2) is 30.7 Å². The van der Waals surface area contributed by atoms with Crippen LogP contribution < -0.4 is 0 Å². The smallest absolute Gasteiger partial charge is 0.196 e. The number of fused-ring (bicyclic) bond motifs is 1. The number of rotatable bonds is 6. The van der Waals surface area contributed by atoms with E-state index in [1.165, 1.54) is 17.3 Å². The van der Waals surface area contributed by atoms with Crippen LogP contribution in [0.3, 0.4) is 0 Å². The molecule has 0 aliphatic rings. The van der Waals surface area contributed by atoms with Gasteiger partial charge in [-0.05, 0) is 44.5 Å². The number of nitrogens with zero attached hydrogens (tertiary/aromatic N) is 4. The zero-order chi connectivity index (χ0) is 19.7. The Morgan fingerprint density at radius 2 is 1.82 bits per heavy atom. The van der Waals surface area contributed by atoms with E-state index in [1.54, 1.807) is 0 Å². The van der Waals surface area contributed by atoms with Crippen molar-refractivity contribution < 1.29 is 4.79 Å². The highest BCUT2D eigenvalue weighted by molar-refractivity contribution is 7.99. The number of aryl methyl sites for hydroxylation is 1. The predicted octanol–water partition coefficient (Wildman–Crippen LogP) is 4.73. The van der Waals surface area contributed by atoms with E-state index in [9.17, 15) is 4.79 Å². The number of ketones is 1. The summed E-state index contributed by atoms with van der Waals surface area (Å²) in [6, 6.07) is 18.3. The van der Waals surface area contributed by atoms with Crippen molar-refractivity contribution in [2.75, 3.05) is 5.75 Å². The van der Waals surface area contributed by atoms with E-state index in [1.807, 2.05) is 60.0 Å². The first kappa shape index (κ1) is 18.5. The summed E-state index contributed by atoms with van der Waals surface area (Å²) in [5.41, 5.74) is 4.89. The van der Waals surface area contributed by atoms with Gasteiger partial charge in [0.1, 0.15) is 0 Å². The van der Waals surface area contributed by atoms with Gasteiger partial charge in [0.05, 0.1) is 11.8 Å². The van der Waals surface area contributed by atoms with Crippen molar-refractivity contribution in [3.05, 3.63) is 83.3 Å². The minimum atomic E-state index is 0.109. The standard InChI is InChI=1S/C22H22N4OS/c1-15-13-19(17(3)26(15)16(2)18-9-5-4-6-10-18)20(27)14-28-22-24-23-21-11-7-8-12-25(21)22/h4-13,16H,14H2,1-3H3/t16-/m1/s1. The lowest BCUT2D eigenvalue weighted by molar-refractivity contribution is 0.102. The zero-order valence-electron chi connectivity index (χ0n) is 16.2. The van der Waals surface area contributed by atoms with Gasteiger partial charge in [-0.1, -0.05) is 48.2 Å². The van der Waals surface area contributed by atoms with E-state index >= 15 is 0 Å². The molecule has 5 nitrogen and oxygen atoms in total. The summed E-state index contributed by atoms with van der Waals surface area (Å²) in [7, 11) is 0. The van der Waals surface area contributed by atoms with Gasteiger partial charge in [-0.25, -0.2) is 0 Å². The number of pyridine rings is 1. The lowest BCUT2D eigenvalue weighted by atomic mass is 10.1. The molecule has 0 saturated carbocycles. The van der Waals surface area contributed by atoms with Crippen molar-refractivity contribution in [1.29, 1.82) is 0 Å². The van der Waals surface area contributed by atoms with E-state index in [0.717, 1.165) is 27.8 Å². The van der Waals surface area contributed by atoms with Crippen molar-refractivity contribution in [1.82, 2.24) is 19.2 Å². The van der Waals surface area contributed by atoms with Crippen molar-refractivity contribution in [3.63, 3.8) is 0 Å². The van der Waals surface area contributed by atoms with E-state index in [2.05, 4.69) is 40.7 Å². The summed E-state index contributed by atoms with van der Waals surface area (Å²) < 4.78 is 4.14. The normalized spacial score (nSPS) is 12.4. The largest absolute Gasteiger partial charge is 0.341 e. The molecule has 4 rings (SSSR count). The quantitative estimate of drug-likeness (QED) is 0.353. The molecule has 0 saturated heterocycles. The SMILES string of the molecule is Cc1cc(C(=O)CSc2nnc3ccccn23)c(C)n1[C@H](C)c1ccccc1. The molecule has 1 aromatic carbocycles. The minimum absolute atomic E-state index is 0.109. The number of carbonyl (C=O) groups is 1. The first-order valence-corrected chi connectivity index (χ1v) is 10.2. The monoisotopic (exact) mass is 390 g/mol. The Morgan fingerprint density at radius 1 is 1.07 bits per heavy atom. The van der Waals surface area contributed by atoms with Gasteiger partial charge in [-0.2, -0.15) is 0 Å². The fourth-order valence-corrected chi connectivity index (χ4v) is 4.47. The summed E-state index contributed by atoms with van der Waals surface area (Å²) in [4.78, 5) is 12.9. The summed E-state index contributed by atoms with van der Waals surface area (Å²) >= 11 is 1.42. The molecule has 0 aliphatic heterocycles. The number of hydrogen-bond acceptors (Lipinski definition) is 4. The Hall–Kier alpha value is -2.86. The van der Waals surface area contributed by atoms with Gasteiger partial charge in [0.25, 0.3) is 0 Å². The van der Waals surface area contributed by atoms with Crippen LogP contribution in [0.25, 0.3) is 5.65 Å². The second-order valence-electron chi connectivity index (χ2n) is 6.86. The van der Waals surface area contributed by atoms with Crippen molar-refractivity contribution >= 4 is 23.2 Å². The second-order valence-corrected chi connectivity index (χ2v) is 7.81. The van der Waals surface area contributed by atoms with E-state index in [-0.39, 0.29) is 11.8 Å². The van der Waals surface area contributed by atoms with Gasteiger partial charge >= 0.3 is 0 Å². The van der Waals surface area contributed by atoms with Gasteiger partial charge in [0.2, 0.25) is 0 Å². The lowest BCUT2D eigenvalue weighted by Crippen LogP contribution is -2.11. The molecule has 6 heteroatoms. The van der Waals surface area contributed by atoms with Crippen molar-refractivity contribution in [3.8, 4) is 0 Å². The lowest BCUT2D eigenvalue weighted by Gasteiger charge is -2.19. The van der Waals surface area contributed by atoms with E-state index in [4.69, 9.17) is 0 Å². The third kappa shape index (κ3) is 3.36. The molecule has 0 fully saturated rings. The van der Waals surface area contributed by atoms with Crippen LogP contribution in [-0.2, 0) is 0 Å². The summed E-state index contributed by atoms with van der Waals surface area (Å²) in [6.07, 6.45) is 1.91. The average Bonchev–Trinajstić information content (AvgIpc) is 3.26. The average molecular weight is 391 g/mol. The first-order valence-electron chi connectivity index (χ1n) is 9.25. The van der Waals surface area contributed by atoms with Gasteiger partial charge in [0, 0.05) is 23.1 Å². The van der Waals surface area contributed by atoms with Crippen LogP contribution in [0.1, 0.15) is 40.3 Å². The molecular weight excluding hydrogens is 368 g/mol. The maximum Gasteiger partial charge on any atom is 0.196 e. The van der Waals surface area contributed by atoms with Crippen LogP contribution in [0.15, 0.2) is 66.0 Å². The minimum Gasteiger partial charge on any atom is -0.341 e. The molecule has 28 heavy (non-hydrogen) atoms. The van der Waals surface area contributed by atoms with Crippen molar-refractivity contribution in [2.45, 2.75) is 32.0 Å². The Balaban J connectivity index is 1.55. The molecule has 3 heterocycles. The summed E-state index contributed by atoms with van der Waals surface area (Å²) in [5, 5.41) is 9.06. The van der Waals surface area contributed by atoms with Gasteiger partial charge in [-0.3, -0.25) is 9.20 Å². The van der Waals surface area contributed by atoms with Crippen molar-refractivity contribution in [2.24, 2.45) is 0 Å². The number of thioether (sulfide) groups is 1. The number of benzene rings is 1. The van der Waals surface area contributed by atoms with Gasteiger partial charge < -0.3 is 4.57 Å². The topological polar surface area (TPSA) is 52.2 Å². The highest BCUT2D eigenvalue weighted by Crippen LogP contribution is 2.27.